The van der Waals surface area contributed by atoms with Gasteiger partial charge >= 0.3 is 6.18 Å². The monoisotopic (exact) mass is 435 g/mol. The second-order valence-electron chi connectivity index (χ2n) is 7.65. The minimum atomic E-state index is -4.35. The van der Waals surface area contributed by atoms with Crippen molar-refractivity contribution in [1.82, 2.24) is 15.0 Å². The van der Waals surface area contributed by atoms with Crippen LogP contribution in [0.1, 0.15) is 5.56 Å². The molecule has 5 nitrogen and oxygen atoms in total. The number of aromatic nitrogens is 3. The molecular weight excluding hydrogens is 415 g/mol. The highest BCUT2D eigenvalue weighted by Crippen LogP contribution is 2.33. The van der Waals surface area contributed by atoms with Crippen molar-refractivity contribution in [2.75, 3.05) is 36.0 Å². The molecule has 0 atom stereocenters. The van der Waals surface area contributed by atoms with Gasteiger partial charge in [-0.1, -0.05) is 18.2 Å². The van der Waals surface area contributed by atoms with Crippen LogP contribution in [-0.2, 0) is 6.18 Å². The van der Waals surface area contributed by atoms with Crippen LogP contribution in [0.25, 0.3) is 22.3 Å². The molecule has 0 amide bonds. The third-order valence-corrected chi connectivity index (χ3v) is 5.62. The minimum Gasteiger partial charge on any atom is -0.368 e. The minimum absolute atomic E-state index is 0.586. The summed E-state index contributed by atoms with van der Waals surface area (Å²) in [5.74, 6) is 1.44. The van der Waals surface area contributed by atoms with Crippen molar-refractivity contribution >= 4 is 22.4 Å². The largest absolute Gasteiger partial charge is 0.416 e. The molecule has 3 heterocycles. The quantitative estimate of drug-likeness (QED) is 0.451. The lowest BCUT2D eigenvalue weighted by atomic mass is 10.1. The van der Waals surface area contributed by atoms with E-state index in [2.05, 4.69) is 9.88 Å². The molecule has 1 fully saturated rings. The topological polar surface area (TPSA) is 45.2 Å². The van der Waals surface area contributed by atoms with Gasteiger partial charge in [-0.3, -0.25) is 4.98 Å². The predicted molar refractivity (Wildman–Crippen MR) is 119 cm³/mol. The van der Waals surface area contributed by atoms with E-state index in [4.69, 9.17) is 9.97 Å². The van der Waals surface area contributed by atoms with Gasteiger partial charge in [0, 0.05) is 55.2 Å². The zero-order valence-electron chi connectivity index (χ0n) is 17.1. The number of halogens is 3. The average molecular weight is 435 g/mol. The molecule has 1 aliphatic rings. The number of fused-ring (bicyclic) bond motifs is 1. The lowest BCUT2D eigenvalue weighted by Gasteiger charge is -2.37. The summed E-state index contributed by atoms with van der Waals surface area (Å²) < 4.78 is 39.3. The summed E-state index contributed by atoms with van der Waals surface area (Å²) >= 11 is 0. The molecule has 0 aliphatic carbocycles. The van der Waals surface area contributed by atoms with E-state index >= 15 is 0 Å². The maximum absolute atomic E-state index is 13.1. The predicted octanol–water partition coefficient (Wildman–Crippen LogP) is 5.04. The molecule has 2 aromatic carbocycles. The number of alkyl halides is 3. The van der Waals surface area contributed by atoms with Gasteiger partial charge in [-0.15, -0.1) is 0 Å². The Morgan fingerprint density at radius 2 is 1.56 bits per heavy atom. The first kappa shape index (κ1) is 20.2. The molecule has 1 aliphatic heterocycles. The third-order valence-electron chi connectivity index (χ3n) is 5.62. The van der Waals surface area contributed by atoms with Gasteiger partial charge in [0.05, 0.1) is 11.1 Å². The number of piperazine rings is 1. The van der Waals surface area contributed by atoms with E-state index in [1.165, 1.54) is 12.1 Å². The Hall–Kier alpha value is -3.68. The highest BCUT2D eigenvalue weighted by molar-refractivity contribution is 5.91. The second-order valence-corrected chi connectivity index (χ2v) is 7.65. The van der Waals surface area contributed by atoms with E-state index in [9.17, 15) is 13.2 Å². The van der Waals surface area contributed by atoms with Gasteiger partial charge in [-0.2, -0.15) is 13.2 Å². The SMILES string of the molecule is FC(F)(F)c1cccc(N2CCN(c3nc(-c4cccnc4)nc4ccccc34)CC2)c1. The standard InChI is InChI=1S/C24H20F3N5/c25-24(26,27)18-6-3-7-19(15-18)31-11-13-32(14-12-31)23-20-8-1-2-9-21(20)29-22(30-23)17-5-4-10-28-16-17/h1-10,15-16H,11-14H2. The molecule has 1 saturated heterocycles. The number of rotatable bonds is 3. The van der Waals surface area contributed by atoms with E-state index in [0.29, 0.717) is 37.7 Å². The van der Waals surface area contributed by atoms with Crippen LogP contribution in [0.3, 0.4) is 0 Å². The van der Waals surface area contributed by atoms with Crippen LogP contribution < -0.4 is 9.80 Å². The Kier molecular flexibility index (Phi) is 5.13. The number of hydrogen-bond acceptors (Lipinski definition) is 5. The molecule has 0 N–H and O–H groups in total. The van der Waals surface area contributed by atoms with E-state index in [1.807, 2.05) is 41.3 Å². The fourth-order valence-electron chi connectivity index (χ4n) is 3.98. The van der Waals surface area contributed by atoms with E-state index < -0.39 is 11.7 Å². The first-order chi connectivity index (χ1) is 15.5. The summed E-state index contributed by atoms with van der Waals surface area (Å²) in [5, 5.41) is 0.952. The zero-order valence-corrected chi connectivity index (χ0v) is 17.1. The van der Waals surface area contributed by atoms with Gasteiger partial charge in [0.1, 0.15) is 5.82 Å². The molecule has 0 bridgehead atoms. The second kappa shape index (κ2) is 8.11. The van der Waals surface area contributed by atoms with Crippen molar-refractivity contribution in [3.63, 3.8) is 0 Å². The van der Waals surface area contributed by atoms with E-state index in [1.54, 1.807) is 18.5 Å². The molecular formula is C24H20F3N5. The van der Waals surface area contributed by atoms with Crippen LogP contribution >= 0.6 is 0 Å². The Balaban J connectivity index is 1.43. The maximum Gasteiger partial charge on any atom is 0.416 e. The highest BCUT2D eigenvalue weighted by Gasteiger charge is 2.31. The van der Waals surface area contributed by atoms with Crippen LogP contribution in [-0.4, -0.2) is 41.1 Å². The molecule has 0 unspecified atom stereocenters. The Morgan fingerprint density at radius 1 is 0.781 bits per heavy atom. The highest BCUT2D eigenvalue weighted by atomic mass is 19.4. The molecule has 5 rings (SSSR count). The third kappa shape index (κ3) is 3.95. The van der Waals surface area contributed by atoms with Gasteiger partial charge in [-0.05, 0) is 42.5 Å². The van der Waals surface area contributed by atoms with Gasteiger partial charge in [0.2, 0.25) is 0 Å². The Labute approximate surface area is 183 Å². The molecule has 0 radical (unpaired) electrons. The van der Waals surface area contributed by atoms with E-state index in [0.717, 1.165) is 28.4 Å². The van der Waals surface area contributed by atoms with Crippen LogP contribution in [0, 0.1) is 0 Å². The zero-order chi connectivity index (χ0) is 22.1. The number of benzene rings is 2. The van der Waals surface area contributed by atoms with Crippen LogP contribution in [0.4, 0.5) is 24.7 Å². The summed E-state index contributed by atoms with van der Waals surface area (Å²) in [6.45, 7) is 2.48. The molecule has 32 heavy (non-hydrogen) atoms. The number of anilines is 2. The number of hydrogen-bond donors (Lipinski definition) is 0. The fourth-order valence-corrected chi connectivity index (χ4v) is 3.98. The van der Waals surface area contributed by atoms with E-state index in [-0.39, 0.29) is 0 Å². The molecule has 4 aromatic rings. The molecule has 0 spiro atoms. The van der Waals surface area contributed by atoms with Crippen LogP contribution in [0.2, 0.25) is 0 Å². The van der Waals surface area contributed by atoms with Crippen molar-refractivity contribution in [1.29, 1.82) is 0 Å². The fraction of sp³-hybridized carbons (Fsp3) is 0.208. The van der Waals surface area contributed by atoms with Crippen LogP contribution in [0.5, 0.6) is 0 Å². The average Bonchev–Trinajstić information content (AvgIpc) is 2.83. The first-order valence-electron chi connectivity index (χ1n) is 10.3. The van der Waals surface area contributed by atoms with Crippen molar-refractivity contribution in [3.05, 3.63) is 78.6 Å². The van der Waals surface area contributed by atoms with Crippen molar-refractivity contribution in [2.24, 2.45) is 0 Å². The van der Waals surface area contributed by atoms with Gasteiger partial charge < -0.3 is 9.80 Å². The number of pyridine rings is 1. The summed E-state index contributed by atoms with van der Waals surface area (Å²) in [7, 11) is 0. The summed E-state index contributed by atoms with van der Waals surface area (Å²) in [5.41, 5.74) is 1.64. The van der Waals surface area contributed by atoms with Crippen molar-refractivity contribution < 1.29 is 13.2 Å². The smallest absolute Gasteiger partial charge is 0.368 e. The summed E-state index contributed by atoms with van der Waals surface area (Å²) in [4.78, 5) is 17.9. The normalized spacial score (nSPS) is 14.7. The molecule has 0 saturated carbocycles. The Morgan fingerprint density at radius 3 is 2.31 bits per heavy atom. The molecule has 2 aromatic heterocycles. The molecule has 8 heteroatoms. The summed E-state index contributed by atoms with van der Waals surface area (Å²) in [6, 6.07) is 17.1. The van der Waals surface area contributed by atoms with Gasteiger partial charge in [0.25, 0.3) is 0 Å². The summed E-state index contributed by atoms with van der Waals surface area (Å²) in [6.07, 6.45) is -0.904. The number of nitrogens with zero attached hydrogens (tertiary/aromatic N) is 5. The lowest BCUT2D eigenvalue weighted by Crippen LogP contribution is -2.47. The van der Waals surface area contributed by atoms with Crippen molar-refractivity contribution in [3.8, 4) is 11.4 Å². The Bertz CT molecular complexity index is 1240. The number of para-hydroxylation sites is 1. The first-order valence-corrected chi connectivity index (χ1v) is 10.3. The van der Waals surface area contributed by atoms with Crippen molar-refractivity contribution in [2.45, 2.75) is 6.18 Å². The van der Waals surface area contributed by atoms with Gasteiger partial charge in [-0.25, -0.2) is 9.97 Å². The molecule has 162 valence electrons. The lowest BCUT2D eigenvalue weighted by molar-refractivity contribution is -0.137. The van der Waals surface area contributed by atoms with Gasteiger partial charge in [0.15, 0.2) is 5.82 Å². The van der Waals surface area contributed by atoms with Crippen LogP contribution in [0.15, 0.2) is 73.1 Å². The maximum atomic E-state index is 13.1.